The zero-order chi connectivity index (χ0) is 26.0. The van der Waals surface area contributed by atoms with Gasteiger partial charge < -0.3 is 24.4 Å². The molecule has 3 aliphatic heterocycles. The predicted molar refractivity (Wildman–Crippen MR) is 129 cm³/mol. The molecule has 1 aromatic carbocycles. The van der Waals surface area contributed by atoms with Gasteiger partial charge in [-0.25, -0.2) is 14.4 Å². The first kappa shape index (κ1) is 25.5. The lowest BCUT2D eigenvalue weighted by Gasteiger charge is -2.27. The number of carbonyl (C=O) groups is 4. The number of fused-ring (bicyclic) bond motifs is 3. The molecule has 0 saturated carbocycles. The van der Waals surface area contributed by atoms with Crippen molar-refractivity contribution >= 4 is 30.1 Å². The molecule has 3 amide bonds. The van der Waals surface area contributed by atoms with E-state index < -0.39 is 42.3 Å². The van der Waals surface area contributed by atoms with Gasteiger partial charge in [0.25, 0.3) is 0 Å². The smallest absolute Gasteiger partial charge is 0.410 e. The lowest BCUT2D eigenvalue weighted by molar-refractivity contribution is -0.151. The van der Waals surface area contributed by atoms with Crippen molar-refractivity contribution in [1.82, 2.24) is 15.1 Å². The zero-order valence-corrected chi connectivity index (χ0v) is 21.1. The average molecular weight is 500 g/mol. The molecule has 3 atom stereocenters. The number of carbonyl (C=O) groups excluding carboxylic acids is 4. The molecule has 0 unspecified atom stereocenters. The van der Waals surface area contributed by atoms with E-state index in [0.717, 1.165) is 16.7 Å². The Morgan fingerprint density at radius 1 is 1.19 bits per heavy atom. The fourth-order valence-electron chi connectivity index (χ4n) is 4.79. The number of esters is 1. The highest BCUT2D eigenvalue weighted by Gasteiger charge is 2.44. The molecule has 10 nitrogen and oxygen atoms in total. The molecule has 1 aromatic rings. The molecule has 4 rings (SSSR count). The first-order chi connectivity index (χ1) is 17.1. The van der Waals surface area contributed by atoms with E-state index >= 15 is 0 Å². The highest BCUT2D eigenvalue weighted by atomic mass is 16.6. The minimum absolute atomic E-state index is 0.0210. The molecule has 3 heterocycles. The van der Waals surface area contributed by atoms with Crippen LogP contribution in [0, 0.1) is 5.41 Å². The Morgan fingerprint density at radius 2 is 1.97 bits per heavy atom. The summed E-state index contributed by atoms with van der Waals surface area (Å²) in [6.07, 6.45) is 2.93. The third kappa shape index (κ3) is 5.47. The van der Waals surface area contributed by atoms with Crippen LogP contribution in [-0.4, -0.2) is 72.3 Å². The van der Waals surface area contributed by atoms with Gasteiger partial charge in [-0.15, -0.1) is 0 Å². The second kappa shape index (κ2) is 10.2. The summed E-state index contributed by atoms with van der Waals surface area (Å²) in [5, 5.41) is 2.54. The van der Waals surface area contributed by atoms with Gasteiger partial charge in [-0.2, -0.15) is 0 Å². The van der Waals surface area contributed by atoms with Crippen LogP contribution in [0.5, 0.6) is 0 Å². The fourth-order valence-corrected chi connectivity index (χ4v) is 4.79. The Morgan fingerprint density at radius 3 is 2.72 bits per heavy atom. The van der Waals surface area contributed by atoms with Crippen molar-refractivity contribution in [3.05, 3.63) is 41.0 Å². The van der Waals surface area contributed by atoms with E-state index in [4.69, 9.17) is 14.2 Å². The molecule has 1 N–H and O–H groups in total. The Labute approximate surface area is 210 Å². The van der Waals surface area contributed by atoms with E-state index in [1.165, 1.54) is 18.9 Å². The van der Waals surface area contributed by atoms with Crippen LogP contribution in [0.25, 0.3) is 6.08 Å². The monoisotopic (exact) mass is 499 g/mol. The van der Waals surface area contributed by atoms with Gasteiger partial charge in [0, 0.05) is 18.4 Å². The number of amides is 3. The third-order valence-corrected chi connectivity index (χ3v) is 6.83. The maximum absolute atomic E-state index is 13.1. The van der Waals surface area contributed by atoms with E-state index in [-0.39, 0.29) is 25.0 Å². The summed E-state index contributed by atoms with van der Waals surface area (Å²) in [5.74, 6) is -1.09. The van der Waals surface area contributed by atoms with Crippen molar-refractivity contribution in [1.29, 1.82) is 0 Å². The maximum Gasteiger partial charge on any atom is 0.410 e. The van der Waals surface area contributed by atoms with Gasteiger partial charge in [0.1, 0.15) is 18.2 Å². The number of methoxy groups -OCH3 is 1. The number of allylic oxidation sites excluding steroid dienone is 1. The van der Waals surface area contributed by atoms with Crippen molar-refractivity contribution < 1.29 is 33.4 Å². The van der Waals surface area contributed by atoms with Crippen LogP contribution in [0.3, 0.4) is 0 Å². The maximum atomic E-state index is 13.1. The number of alkyl carbamates (subject to hydrolysis) is 1. The molecule has 3 aliphatic rings. The summed E-state index contributed by atoms with van der Waals surface area (Å²) in [6, 6.07) is 4.09. The number of benzene rings is 1. The normalized spacial score (nSPS) is 26.3. The zero-order valence-electron chi connectivity index (χ0n) is 21.1. The second-order valence-electron chi connectivity index (χ2n) is 10.3. The summed E-state index contributed by atoms with van der Waals surface area (Å²) in [6.45, 7) is 6.50. The summed E-state index contributed by atoms with van der Waals surface area (Å²) < 4.78 is 16.0. The molecule has 10 heteroatoms. The molecule has 194 valence electrons. The summed E-state index contributed by atoms with van der Waals surface area (Å²) >= 11 is 0. The Hall–Kier alpha value is -3.56. The van der Waals surface area contributed by atoms with E-state index in [9.17, 15) is 19.2 Å². The van der Waals surface area contributed by atoms with Crippen LogP contribution in [-0.2, 0) is 36.9 Å². The average Bonchev–Trinajstić information content (AvgIpc) is 3.46. The predicted octanol–water partition coefficient (Wildman–Crippen LogP) is 2.84. The van der Waals surface area contributed by atoms with Crippen LogP contribution in [0.2, 0.25) is 0 Å². The van der Waals surface area contributed by atoms with Crippen molar-refractivity contribution in [3.63, 3.8) is 0 Å². The minimum atomic E-state index is -0.950. The molecule has 0 radical (unpaired) electrons. The summed E-state index contributed by atoms with van der Waals surface area (Å²) in [4.78, 5) is 53.9. The van der Waals surface area contributed by atoms with Crippen LogP contribution in [0.4, 0.5) is 9.59 Å². The van der Waals surface area contributed by atoms with Crippen LogP contribution in [0.1, 0.15) is 50.3 Å². The first-order valence-electron chi connectivity index (χ1n) is 12.1. The van der Waals surface area contributed by atoms with Crippen LogP contribution < -0.4 is 5.32 Å². The molecule has 4 bridgehead atoms. The SMILES string of the molecule is COC(=O)[C@@H]1C[C@@H]2CN1C(=O)[C@H](C)NC(=O)OCC(C)(C)CC=Cc1cccc3c1CN(C3)C(=O)O2. The summed E-state index contributed by atoms with van der Waals surface area (Å²) in [5.41, 5.74) is 2.79. The van der Waals surface area contributed by atoms with Gasteiger partial charge in [-0.05, 0) is 30.0 Å². The number of hydrogen-bond donors (Lipinski definition) is 1. The number of nitrogens with zero attached hydrogens (tertiary/aromatic N) is 2. The topological polar surface area (TPSA) is 114 Å². The van der Waals surface area contributed by atoms with Crippen molar-refractivity contribution in [3.8, 4) is 0 Å². The standard InChI is InChI=1S/C26H33N3O7/c1-16-22(30)29-13-19(11-21(29)23(31)34-4)36-25(33)28-12-18-8-5-7-17(20(18)14-28)9-6-10-26(2,3)15-35-24(32)27-16/h5-9,16,19,21H,10-15H2,1-4H3,(H,27,32)/t16-,19+,21-/m0/s1. The highest BCUT2D eigenvalue weighted by Crippen LogP contribution is 2.30. The Kier molecular flexibility index (Phi) is 7.23. The number of hydrogen-bond acceptors (Lipinski definition) is 7. The largest absolute Gasteiger partial charge is 0.467 e. The lowest BCUT2D eigenvalue weighted by Crippen LogP contribution is -2.51. The number of cyclic esters (lactones) is 1. The van der Waals surface area contributed by atoms with Crippen LogP contribution in [0.15, 0.2) is 24.3 Å². The van der Waals surface area contributed by atoms with Gasteiger partial charge in [0.15, 0.2) is 0 Å². The molecular formula is C26H33N3O7. The van der Waals surface area contributed by atoms with Gasteiger partial charge in [-0.3, -0.25) is 9.69 Å². The molecular weight excluding hydrogens is 466 g/mol. The summed E-state index contributed by atoms with van der Waals surface area (Å²) in [7, 11) is 1.24. The molecule has 1 fully saturated rings. The quantitative estimate of drug-likeness (QED) is 0.467. The molecule has 0 aliphatic carbocycles. The molecule has 0 aromatic heterocycles. The van der Waals surface area contributed by atoms with Crippen LogP contribution >= 0.6 is 0 Å². The second-order valence-corrected chi connectivity index (χ2v) is 10.3. The molecule has 1 saturated heterocycles. The third-order valence-electron chi connectivity index (χ3n) is 6.83. The highest BCUT2D eigenvalue weighted by molar-refractivity contribution is 5.90. The van der Waals surface area contributed by atoms with E-state index in [2.05, 4.69) is 5.32 Å². The number of rotatable bonds is 1. The van der Waals surface area contributed by atoms with Gasteiger partial charge in [0.05, 0.1) is 26.8 Å². The molecule has 36 heavy (non-hydrogen) atoms. The molecule has 0 spiro atoms. The van der Waals surface area contributed by atoms with Crippen molar-refractivity contribution in [2.45, 2.75) is 64.9 Å². The number of nitrogens with one attached hydrogen (secondary N) is 1. The van der Waals surface area contributed by atoms with Gasteiger partial charge >= 0.3 is 18.2 Å². The Bertz CT molecular complexity index is 1080. The van der Waals surface area contributed by atoms with E-state index in [1.54, 1.807) is 4.90 Å². The lowest BCUT2D eigenvalue weighted by atomic mass is 9.90. The fraction of sp³-hybridized carbons (Fsp3) is 0.538. The van der Waals surface area contributed by atoms with E-state index in [1.807, 2.05) is 44.2 Å². The van der Waals surface area contributed by atoms with Gasteiger partial charge in [0.2, 0.25) is 5.91 Å². The minimum Gasteiger partial charge on any atom is -0.467 e. The van der Waals surface area contributed by atoms with Crippen molar-refractivity contribution in [2.24, 2.45) is 5.41 Å². The number of ether oxygens (including phenoxy) is 3. The van der Waals surface area contributed by atoms with E-state index in [0.29, 0.717) is 19.5 Å². The first-order valence-corrected chi connectivity index (χ1v) is 12.1. The Balaban J connectivity index is 1.61. The van der Waals surface area contributed by atoms with Gasteiger partial charge in [-0.1, -0.05) is 44.2 Å². The van der Waals surface area contributed by atoms with Crippen molar-refractivity contribution in [2.75, 3.05) is 20.3 Å².